The summed E-state index contributed by atoms with van der Waals surface area (Å²) < 4.78 is 11.7. The number of hydrogen-bond acceptors (Lipinski definition) is 5. The van der Waals surface area contributed by atoms with Gasteiger partial charge in [0.15, 0.2) is 5.82 Å². The molecule has 2 N–H and O–H groups in total. The lowest BCUT2D eigenvalue weighted by atomic mass is 9.98. The van der Waals surface area contributed by atoms with Gasteiger partial charge in [0, 0.05) is 5.56 Å². The van der Waals surface area contributed by atoms with E-state index in [1.807, 2.05) is 60.7 Å². The molecule has 0 radical (unpaired) electrons. The van der Waals surface area contributed by atoms with Gasteiger partial charge in [-0.1, -0.05) is 66.5 Å². The molecule has 1 atom stereocenters. The van der Waals surface area contributed by atoms with Gasteiger partial charge in [0.1, 0.15) is 5.75 Å². The first-order valence-corrected chi connectivity index (χ1v) is 8.64. The van der Waals surface area contributed by atoms with Crippen molar-refractivity contribution in [1.82, 2.24) is 10.1 Å². The first-order chi connectivity index (χ1) is 12.2. The Labute approximate surface area is 159 Å². The summed E-state index contributed by atoms with van der Waals surface area (Å²) in [6.45, 7) is 0. The number of halogens is 1. The predicted molar refractivity (Wildman–Crippen MR) is 101 cm³/mol. The van der Waals surface area contributed by atoms with Crippen LogP contribution in [0.4, 0.5) is 0 Å². The fourth-order valence-electron chi connectivity index (χ4n) is 3.30. The average molecular weight is 372 g/mol. The third-order valence-corrected chi connectivity index (χ3v) is 4.71. The quantitative estimate of drug-likeness (QED) is 0.720. The van der Waals surface area contributed by atoms with Crippen LogP contribution in [0.3, 0.4) is 0 Å². The number of hydrogen-bond donors (Lipinski definition) is 1. The Hall–Kier alpha value is -2.37. The van der Waals surface area contributed by atoms with Crippen LogP contribution in [0.2, 0.25) is 0 Å². The van der Waals surface area contributed by atoms with E-state index in [4.69, 9.17) is 15.0 Å². The number of nitrogens with zero attached hydrogens (tertiary/aromatic N) is 2. The molecule has 1 fully saturated rings. The molecule has 2 aromatic carbocycles. The van der Waals surface area contributed by atoms with Gasteiger partial charge in [0.25, 0.3) is 5.89 Å². The standard InChI is InChI=1S/C20H21N3O2.ClH/c21-20(13-7-8-14-20)19-22-18(25-23-19)17(15-9-3-1-4-10-15)24-16-11-5-2-6-12-16;/h1-6,9-12,17H,7-8,13-14,21H2;1H. The van der Waals surface area contributed by atoms with Crippen molar-refractivity contribution in [3.05, 3.63) is 77.9 Å². The van der Waals surface area contributed by atoms with Crippen LogP contribution in [-0.2, 0) is 5.54 Å². The highest BCUT2D eigenvalue weighted by molar-refractivity contribution is 5.85. The summed E-state index contributed by atoms with van der Waals surface area (Å²) >= 11 is 0. The zero-order chi connectivity index (χ0) is 17.1. The zero-order valence-corrected chi connectivity index (χ0v) is 15.2. The van der Waals surface area contributed by atoms with Crippen LogP contribution in [-0.4, -0.2) is 10.1 Å². The largest absolute Gasteiger partial charge is 0.476 e. The maximum absolute atomic E-state index is 6.46. The second-order valence-electron chi connectivity index (χ2n) is 6.54. The molecule has 6 heteroatoms. The minimum absolute atomic E-state index is 0. The topological polar surface area (TPSA) is 74.2 Å². The number of benzene rings is 2. The smallest absolute Gasteiger partial charge is 0.272 e. The van der Waals surface area contributed by atoms with Crippen molar-refractivity contribution in [3.8, 4) is 5.75 Å². The molecule has 0 saturated heterocycles. The van der Waals surface area contributed by atoms with E-state index in [0.29, 0.717) is 11.7 Å². The van der Waals surface area contributed by atoms with E-state index in [2.05, 4.69) is 10.1 Å². The van der Waals surface area contributed by atoms with Crippen LogP contribution in [0.5, 0.6) is 5.75 Å². The van der Waals surface area contributed by atoms with E-state index >= 15 is 0 Å². The summed E-state index contributed by atoms with van der Waals surface area (Å²) in [5.41, 5.74) is 6.94. The molecule has 0 bridgehead atoms. The van der Waals surface area contributed by atoms with Crippen molar-refractivity contribution in [2.45, 2.75) is 37.3 Å². The minimum atomic E-state index is -0.476. The highest BCUT2D eigenvalue weighted by Gasteiger charge is 2.37. The molecule has 1 aliphatic rings. The maximum atomic E-state index is 6.46. The normalized spacial score (nSPS) is 16.7. The van der Waals surface area contributed by atoms with Gasteiger partial charge >= 0.3 is 0 Å². The molecule has 3 aromatic rings. The van der Waals surface area contributed by atoms with E-state index in [1.165, 1.54) is 0 Å². The summed E-state index contributed by atoms with van der Waals surface area (Å²) in [5.74, 6) is 1.76. The van der Waals surface area contributed by atoms with Crippen molar-refractivity contribution >= 4 is 12.4 Å². The van der Waals surface area contributed by atoms with Crippen molar-refractivity contribution in [3.63, 3.8) is 0 Å². The molecule has 0 aliphatic heterocycles. The average Bonchev–Trinajstić information content (AvgIpc) is 3.32. The van der Waals surface area contributed by atoms with Crippen LogP contribution in [0.15, 0.2) is 65.2 Å². The molecule has 1 saturated carbocycles. The minimum Gasteiger partial charge on any atom is -0.476 e. The van der Waals surface area contributed by atoms with E-state index in [1.54, 1.807) is 0 Å². The number of rotatable bonds is 5. The summed E-state index contributed by atoms with van der Waals surface area (Å²) in [6.07, 6.45) is 3.52. The SMILES string of the molecule is Cl.NC1(c2noc(C(Oc3ccccc3)c3ccccc3)n2)CCCC1. The monoisotopic (exact) mass is 371 g/mol. The second kappa shape index (κ2) is 7.89. The number of aromatic nitrogens is 2. The van der Waals surface area contributed by atoms with Gasteiger partial charge in [-0.15, -0.1) is 12.4 Å². The molecule has 1 unspecified atom stereocenters. The van der Waals surface area contributed by atoms with Gasteiger partial charge in [0.2, 0.25) is 6.10 Å². The van der Waals surface area contributed by atoms with E-state index in [-0.39, 0.29) is 12.4 Å². The third-order valence-electron chi connectivity index (χ3n) is 4.71. The Balaban J connectivity index is 0.00000196. The molecular weight excluding hydrogens is 350 g/mol. The maximum Gasteiger partial charge on any atom is 0.272 e. The lowest BCUT2D eigenvalue weighted by Crippen LogP contribution is -2.34. The Bertz CT molecular complexity index is 817. The zero-order valence-electron chi connectivity index (χ0n) is 14.4. The van der Waals surface area contributed by atoms with E-state index in [0.717, 1.165) is 37.0 Å². The third kappa shape index (κ3) is 3.74. The van der Waals surface area contributed by atoms with E-state index in [9.17, 15) is 0 Å². The lowest BCUT2D eigenvalue weighted by molar-refractivity contribution is 0.193. The van der Waals surface area contributed by atoms with Gasteiger partial charge in [-0.05, 0) is 25.0 Å². The lowest BCUT2D eigenvalue weighted by Gasteiger charge is -2.18. The van der Waals surface area contributed by atoms with Crippen molar-refractivity contribution in [2.24, 2.45) is 5.73 Å². The second-order valence-corrected chi connectivity index (χ2v) is 6.54. The summed E-state index contributed by atoms with van der Waals surface area (Å²) in [5, 5.41) is 4.17. The fourth-order valence-corrected chi connectivity index (χ4v) is 3.30. The molecule has 5 nitrogen and oxygen atoms in total. The molecule has 1 heterocycles. The van der Waals surface area contributed by atoms with Gasteiger partial charge in [-0.2, -0.15) is 4.98 Å². The van der Waals surface area contributed by atoms with Crippen LogP contribution in [0.1, 0.15) is 49.1 Å². The van der Waals surface area contributed by atoms with Crippen LogP contribution in [0, 0.1) is 0 Å². The molecule has 26 heavy (non-hydrogen) atoms. The van der Waals surface area contributed by atoms with Crippen LogP contribution in [0.25, 0.3) is 0 Å². The van der Waals surface area contributed by atoms with Gasteiger partial charge in [-0.3, -0.25) is 0 Å². The summed E-state index contributed by atoms with van der Waals surface area (Å²) in [4.78, 5) is 4.61. The van der Waals surface area contributed by atoms with Gasteiger partial charge < -0.3 is 15.0 Å². The Morgan fingerprint density at radius 1 is 0.962 bits per heavy atom. The number of para-hydroxylation sites is 1. The van der Waals surface area contributed by atoms with Crippen LogP contribution < -0.4 is 10.5 Å². The Morgan fingerprint density at radius 2 is 1.58 bits per heavy atom. The van der Waals surface area contributed by atoms with Crippen molar-refractivity contribution < 1.29 is 9.26 Å². The van der Waals surface area contributed by atoms with Gasteiger partial charge in [-0.25, -0.2) is 0 Å². The molecule has 1 aliphatic carbocycles. The number of ether oxygens (including phenoxy) is 1. The number of nitrogens with two attached hydrogens (primary N) is 1. The summed E-state index contributed by atoms with van der Waals surface area (Å²) in [7, 11) is 0. The van der Waals surface area contributed by atoms with Crippen LogP contribution >= 0.6 is 12.4 Å². The highest BCUT2D eigenvalue weighted by Crippen LogP contribution is 2.36. The molecule has 0 amide bonds. The highest BCUT2D eigenvalue weighted by atomic mass is 35.5. The molecule has 4 rings (SSSR count). The summed E-state index contributed by atoms with van der Waals surface area (Å²) in [6, 6.07) is 19.5. The molecular formula is C20H22ClN3O2. The first-order valence-electron chi connectivity index (χ1n) is 8.64. The van der Waals surface area contributed by atoms with E-state index < -0.39 is 11.6 Å². The Morgan fingerprint density at radius 3 is 2.23 bits per heavy atom. The van der Waals surface area contributed by atoms with Crippen molar-refractivity contribution in [1.29, 1.82) is 0 Å². The molecule has 1 aromatic heterocycles. The van der Waals surface area contributed by atoms with Gasteiger partial charge in [0.05, 0.1) is 5.54 Å². The molecule has 136 valence electrons. The van der Waals surface area contributed by atoms with Crippen molar-refractivity contribution in [2.75, 3.05) is 0 Å². The predicted octanol–water partition coefficient (Wildman–Crippen LogP) is 4.39. The fraction of sp³-hybridized carbons (Fsp3) is 0.300. The molecule has 0 spiro atoms. The first kappa shape index (κ1) is 18.4. The Kier molecular flexibility index (Phi) is 5.59.